The summed E-state index contributed by atoms with van der Waals surface area (Å²) in [6.07, 6.45) is 1.84. The number of morpholine rings is 1. The Hall–Kier alpha value is -2.67. The van der Waals surface area contributed by atoms with Gasteiger partial charge in [-0.25, -0.2) is 9.48 Å². The third-order valence-electron chi connectivity index (χ3n) is 5.08. The minimum atomic E-state index is -0.838. The molecule has 27 heavy (non-hydrogen) atoms. The number of esters is 1. The van der Waals surface area contributed by atoms with Gasteiger partial charge in [0.2, 0.25) is 0 Å². The predicted octanol–water partition coefficient (Wildman–Crippen LogP) is 1.77. The molecule has 2 heterocycles. The van der Waals surface area contributed by atoms with E-state index in [2.05, 4.69) is 5.10 Å². The Kier molecular flexibility index (Phi) is 4.94. The molecule has 1 saturated heterocycles. The topological polar surface area (TPSA) is 73.7 Å². The van der Waals surface area contributed by atoms with E-state index in [1.165, 1.54) is 0 Å². The molecule has 7 heteroatoms. The quantitative estimate of drug-likeness (QED) is 0.768. The Balaban J connectivity index is 1.53. The van der Waals surface area contributed by atoms with Crippen molar-refractivity contribution in [3.63, 3.8) is 0 Å². The minimum absolute atomic E-state index is 0.189. The first-order valence-electron chi connectivity index (χ1n) is 9.39. The SMILES string of the molecule is C[C@H](OC(=O)c1nn(-c2ccccc2)c2c1CCC2)C(=O)N1CCOCC1. The van der Waals surface area contributed by atoms with E-state index in [1.54, 1.807) is 11.8 Å². The normalized spacial score (nSPS) is 17.4. The highest BCUT2D eigenvalue weighted by molar-refractivity contribution is 5.92. The second-order valence-electron chi connectivity index (χ2n) is 6.86. The fraction of sp³-hybridized carbons (Fsp3) is 0.450. The van der Waals surface area contributed by atoms with Gasteiger partial charge in [-0.05, 0) is 38.3 Å². The van der Waals surface area contributed by atoms with Crippen LogP contribution in [0.25, 0.3) is 5.69 Å². The summed E-state index contributed by atoms with van der Waals surface area (Å²) < 4.78 is 12.6. The minimum Gasteiger partial charge on any atom is -0.448 e. The van der Waals surface area contributed by atoms with Crippen LogP contribution < -0.4 is 0 Å². The molecular weight excluding hydrogens is 346 g/mol. The molecule has 4 rings (SSSR count). The molecule has 1 fully saturated rings. The van der Waals surface area contributed by atoms with Crippen molar-refractivity contribution in [2.45, 2.75) is 32.3 Å². The van der Waals surface area contributed by atoms with E-state index < -0.39 is 12.1 Å². The number of para-hydroxylation sites is 1. The van der Waals surface area contributed by atoms with Gasteiger partial charge in [-0.1, -0.05) is 18.2 Å². The van der Waals surface area contributed by atoms with Crippen molar-refractivity contribution in [3.8, 4) is 5.69 Å². The number of ether oxygens (including phenoxy) is 2. The van der Waals surface area contributed by atoms with Gasteiger partial charge in [0, 0.05) is 24.3 Å². The van der Waals surface area contributed by atoms with Crippen LogP contribution in [0.4, 0.5) is 0 Å². The Morgan fingerprint density at radius 1 is 1.15 bits per heavy atom. The summed E-state index contributed by atoms with van der Waals surface area (Å²) in [6.45, 7) is 3.70. The van der Waals surface area contributed by atoms with E-state index in [0.29, 0.717) is 32.0 Å². The monoisotopic (exact) mass is 369 g/mol. The molecule has 1 aliphatic carbocycles. The number of hydrogen-bond donors (Lipinski definition) is 0. The zero-order chi connectivity index (χ0) is 18.8. The van der Waals surface area contributed by atoms with Crippen LogP contribution in [0.2, 0.25) is 0 Å². The highest BCUT2D eigenvalue weighted by Crippen LogP contribution is 2.28. The van der Waals surface area contributed by atoms with Gasteiger partial charge in [0.15, 0.2) is 11.8 Å². The molecule has 0 saturated carbocycles. The average Bonchev–Trinajstić information content (AvgIpc) is 3.31. The molecule has 2 aromatic rings. The zero-order valence-electron chi connectivity index (χ0n) is 15.4. The Morgan fingerprint density at radius 2 is 1.89 bits per heavy atom. The summed E-state index contributed by atoms with van der Waals surface area (Å²) in [6, 6.07) is 9.76. The lowest BCUT2D eigenvalue weighted by Crippen LogP contribution is -2.46. The van der Waals surface area contributed by atoms with Gasteiger partial charge in [-0.2, -0.15) is 5.10 Å². The van der Waals surface area contributed by atoms with Crippen LogP contribution in [0, 0.1) is 0 Å². The molecule has 0 radical (unpaired) electrons. The zero-order valence-corrected chi connectivity index (χ0v) is 15.4. The number of benzene rings is 1. The molecular formula is C20H23N3O4. The van der Waals surface area contributed by atoms with E-state index in [0.717, 1.165) is 36.2 Å². The number of fused-ring (bicyclic) bond motifs is 1. The number of hydrogen-bond acceptors (Lipinski definition) is 5. The Bertz CT molecular complexity index is 840. The number of nitrogens with zero attached hydrogens (tertiary/aromatic N) is 3. The first kappa shape index (κ1) is 17.7. The van der Waals surface area contributed by atoms with E-state index in [4.69, 9.17) is 9.47 Å². The van der Waals surface area contributed by atoms with Gasteiger partial charge < -0.3 is 14.4 Å². The summed E-state index contributed by atoms with van der Waals surface area (Å²) in [7, 11) is 0. The van der Waals surface area contributed by atoms with Gasteiger partial charge in [-0.3, -0.25) is 4.79 Å². The number of aromatic nitrogens is 2. The molecule has 1 aromatic carbocycles. The molecule has 1 amide bonds. The van der Waals surface area contributed by atoms with Crippen molar-refractivity contribution < 1.29 is 19.1 Å². The second-order valence-corrected chi connectivity index (χ2v) is 6.86. The third-order valence-corrected chi connectivity index (χ3v) is 5.08. The number of carbonyl (C=O) groups is 2. The maximum atomic E-state index is 12.8. The molecule has 0 bridgehead atoms. The molecule has 1 atom stereocenters. The van der Waals surface area contributed by atoms with Crippen LogP contribution in [0.1, 0.15) is 35.1 Å². The van der Waals surface area contributed by atoms with E-state index in [1.807, 2.05) is 35.0 Å². The van der Waals surface area contributed by atoms with Crippen LogP contribution in [0.3, 0.4) is 0 Å². The van der Waals surface area contributed by atoms with Crippen molar-refractivity contribution >= 4 is 11.9 Å². The lowest BCUT2D eigenvalue weighted by molar-refractivity contribution is -0.143. The van der Waals surface area contributed by atoms with Gasteiger partial charge >= 0.3 is 5.97 Å². The van der Waals surface area contributed by atoms with E-state index >= 15 is 0 Å². The maximum absolute atomic E-state index is 12.8. The highest BCUT2D eigenvalue weighted by atomic mass is 16.5. The highest BCUT2D eigenvalue weighted by Gasteiger charge is 2.31. The van der Waals surface area contributed by atoms with Crippen LogP contribution in [-0.4, -0.2) is 59.0 Å². The molecule has 0 spiro atoms. The average molecular weight is 369 g/mol. The van der Waals surface area contributed by atoms with Crippen LogP contribution in [0.5, 0.6) is 0 Å². The number of rotatable bonds is 4. The van der Waals surface area contributed by atoms with Crippen molar-refractivity contribution in [3.05, 3.63) is 47.3 Å². The predicted molar refractivity (Wildman–Crippen MR) is 97.9 cm³/mol. The first-order chi connectivity index (χ1) is 13.1. The summed E-state index contributed by atoms with van der Waals surface area (Å²) in [5, 5.41) is 4.52. The number of carbonyl (C=O) groups excluding carboxylic acids is 2. The fourth-order valence-corrected chi connectivity index (χ4v) is 3.69. The van der Waals surface area contributed by atoms with Gasteiger partial charge in [-0.15, -0.1) is 0 Å². The maximum Gasteiger partial charge on any atom is 0.359 e. The first-order valence-corrected chi connectivity index (χ1v) is 9.39. The Morgan fingerprint density at radius 3 is 2.63 bits per heavy atom. The lowest BCUT2D eigenvalue weighted by atomic mass is 10.2. The molecule has 1 aromatic heterocycles. The van der Waals surface area contributed by atoms with Crippen LogP contribution in [0.15, 0.2) is 30.3 Å². The second kappa shape index (κ2) is 7.52. The van der Waals surface area contributed by atoms with Gasteiger partial charge in [0.25, 0.3) is 5.91 Å². The third kappa shape index (κ3) is 3.47. The largest absolute Gasteiger partial charge is 0.448 e. The molecule has 1 aliphatic heterocycles. The summed E-state index contributed by atoms with van der Waals surface area (Å²) in [5.41, 5.74) is 3.25. The van der Waals surface area contributed by atoms with Crippen molar-refractivity contribution in [2.24, 2.45) is 0 Å². The van der Waals surface area contributed by atoms with Gasteiger partial charge in [0.1, 0.15) is 0 Å². The van der Waals surface area contributed by atoms with Gasteiger partial charge in [0.05, 0.1) is 18.9 Å². The molecule has 0 unspecified atom stereocenters. The standard InChI is InChI=1S/C20H23N3O4/c1-14(19(24)22-10-12-26-13-11-22)27-20(25)18-16-8-5-9-17(16)23(21-18)15-6-3-2-4-7-15/h2-4,6-7,14H,5,8-13H2,1H3/t14-/m0/s1. The van der Waals surface area contributed by atoms with Crippen LogP contribution in [-0.2, 0) is 27.1 Å². The Labute approximate surface area is 157 Å². The fourth-order valence-electron chi connectivity index (χ4n) is 3.69. The lowest BCUT2D eigenvalue weighted by Gasteiger charge is -2.28. The van der Waals surface area contributed by atoms with E-state index in [9.17, 15) is 9.59 Å². The number of amides is 1. The van der Waals surface area contributed by atoms with Crippen molar-refractivity contribution in [1.82, 2.24) is 14.7 Å². The van der Waals surface area contributed by atoms with Crippen LogP contribution >= 0.6 is 0 Å². The summed E-state index contributed by atoms with van der Waals surface area (Å²) in [4.78, 5) is 26.9. The van der Waals surface area contributed by atoms with E-state index in [-0.39, 0.29) is 5.91 Å². The van der Waals surface area contributed by atoms with Crippen molar-refractivity contribution in [2.75, 3.05) is 26.3 Å². The molecule has 0 N–H and O–H groups in total. The molecule has 142 valence electrons. The van der Waals surface area contributed by atoms with Crippen molar-refractivity contribution in [1.29, 1.82) is 0 Å². The summed E-state index contributed by atoms with van der Waals surface area (Å²) >= 11 is 0. The smallest absolute Gasteiger partial charge is 0.359 e. The molecule has 7 nitrogen and oxygen atoms in total. The molecule has 2 aliphatic rings. The summed E-state index contributed by atoms with van der Waals surface area (Å²) in [5.74, 6) is -0.720.